The zero-order valence-electron chi connectivity index (χ0n) is 7.81. The number of rotatable bonds is 2. The smallest absolute Gasteiger partial charge is 0.222 e. The second-order valence-electron chi connectivity index (χ2n) is 3.02. The molecule has 0 bridgehead atoms. The number of hydrogen-bond donors (Lipinski definition) is 0. The fourth-order valence-corrected chi connectivity index (χ4v) is 1.17. The van der Waals surface area contributed by atoms with Crippen LogP contribution in [-0.4, -0.2) is 12.0 Å². The van der Waals surface area contributed by atoms with Crippen LogP contribution in [0.2, 0.25) is 0 Å². The van der Waals surface area contributed by atoms with E-state index in [-0.39, 0.29) is 23.9 Å². The van der Waals surface area contributed by atoms with E-state index in [9.17, 15) is 9.18 Å². The van der Waals surface area contributed by atoms with E-state index in [1.54, 1.807) is 6.07 Å². The minimum Gasteiger partial charge on any atom is -0.439 e. The van der Waals surface area contributed by atoms with Gasteiger partial charge in [0.15, 0.2) is 5.78 Å². The van der Waals surface area contributed by atoms with Gasteiger partial charge in [-0.1, -0.05) is 6.07 Å². The molecule has 0 aromatic heterocycles. The summed E-state index contributed by atoms with van der Waals surface area (Å²) in [4.78, 5) is 14.9. The Balaban J connectivity index is 2.15. The summed E-state index contributed by atoms with van der Waals surface area (Å²) < 4.78 is 18.0. The summed E-state index contributed by atoms with van der Waals surface area (Å²) in [6, 6.07) is 5.67. The molecule has 0 aliphatic carbocycles. The van der Waals surface area contributed by atoms with Gasteiger partial charge >= 0.3 is 0 Å². The van der Waals surface area contributed by atoms with Gasteiger partial charge in [-0.15, -0.1) is 0 Å². The number of ketones is 1. The van der Waals surface area contributed by atoms with Crippen molar-refractivity contribution in [3.05, 3.63) is 42.0 Å². The van der Waals surface area contributed by atoms with E-state index in [1.807, 2.05) is 0 Å². The van der Waals surface area contributed by atoms with E-state index < -0.39 is 0 Å². The summed E-state index contributed by atoms with van der Waals surface area (Å²) >= 11 is 0. The highest BCUT2D eigenvalue weighted by Crippen LogP contribution is 2.16. The van der Waals surface area contributed by atoms with Crippen LogP contribution >= 0.6 is 0 Å². The van der Waals surface area contributed by atoms with Gasteiger partial charge in [0.05, 0.1) is 0 Å². The molecule has 76 valence electrons. The zero-order chi connectivity index (χ0) is 10.7. The molecular weight excluding hydrogens is 197 g/mol. The highest BCUT2D eigenvalue weighted by molar-refractivity contribution is 6.01. The summed E-state index contributed by atoms with van der Waals surface area (Å²) in [6.45, 7) is 0. The lowest BCUT2D eigenvalue weighted by Gasteiger charge is -2.07. The maximum Gasteiger partial charge on any atom is 0.222 e. The summed E-state index contributed by atoms with van der Waals surface area (Å²) in [5.74, 6) is 0.0561. The maximum absolute atomic E-state index is 12.8. The highest BCUT2D eigenvalue weighted by atomic mass is 19.1. The molecule has 4 heteroatoms. The number of hydrogen-bond acceptors (Lipinski definition) is 3. The Hall–Kier alpha value is -1.97. The first kappa shape index (κ1) is 9.58. The van der Waals surface area contributed by atoms with Crippen LogP contribution in [0.15, 0.2) is 41.2 Å². The Labute approximate surface area is 85.9 Å². The van der Waals surface area contributed by atoms with Crippen LogP contribution < -0.4 is 4.74 Å². The minimum absolute atomic E-state index is 0.0728. The lowest BCUT2D eigenvalue weighted by atomic mass is 10.2. The standard InChI is InChI=1S/C11H8FNO2/c12-8-2-1-3-10(6-8)15-11-7-9(14)4-5-13-11/h1-3,5-7H,4H2. The third kappa shape index (κ3) is 2.49. The average molecular weight is 205 g/mol. The Morgan fingerprint density at radius 2 is 2.27 bits per heavy atom. The van der Waals surface area contributed by atoms with Crippen molar-refractivity contribution in [2.75, 3.05) is 0 Å². The van der Waals surface area contributed by atoms with Gasteiger partial charge in [-0.05, 0) is 12.1 Å². The van der Waals surface area contributed by atoms with Crippen LogP contribution in [0.5, 0.6) is 5.75 Å². The van der Waals surface area contributed by atoms with Crippen LogP contribution in [0.3, 0.4) is 0 Å². The molecule has 0 unspecified atom stereocenters. The molecule has 0 fully saturated rings. The molecule has 0 spiro atoms. The predicted octanol–water partition coefficient (Wildman–Crippen LogP) is 2.09. The van der Waals surface area contributed by atoms with Gasteiger partial charge in [-0.25, -0.2) is 9.38 Å². The van der Waals surface area contributed by atoms with Crippen LogP contribution in [-0.2, 0) is 4.79 Å². The van der Waals surface area contributed by atoms with Gasteiger partial charge < -0.3 is 4.74 Å². The molecule has 0 radical (unpaired) electrons. The van der Waals surface area contributed by atoms with Crippen molar-refractivity contribution < 1.29 is 13.9 Å². The van der Waals surface area contributed by atoms with E-state index >= 15 is 0 Å². The zero-order valence-corrected chi connectivity index (χ0v) is 7.81. The molecule has 3 nitrogen and oxygen atoms in total. The monoisotopic (exact) mass is 205 g/mol. The van der Waals surface area contributed by atoms with Crippen molar-refractivity contribution in [3.63, 3.8) is 0 Å². The van der Waals surface area contributed by atoms with Crippen molar-refractivity contribution in [2.24, 2.45) is 4.99 Å². The van der Waals surface area contributed by atoms with Crippen molar-refractivity contribution in [1.29, 1.82) is 0 Å². The molecule has 1 aromatic carbocycles. The summed E-state index contributed by atoms with van der Waals surface area (Å²) in [5, 5.41) is 0. The number of aliphatic imine (C=N–C) groups is 1. The van der Waals surface area contributed by atoms with Gasteiger partial charge in [0.2, 0.25) is 5.88 Å². The lowest BCUT2D eigenvalue weighted by Crippen LogP contribution is -2.05. The van der Waals surface area contributed by atoms with Gasteiger partial charge in [0, 0.05) is 24.8 Å². The van der Waals surface area contributed by atoms with Crippen LogP contribution in [0.4, 0.5) is 4.39 Å². The second kappa shape index (κ2) is 4.04. The van der Waals surface area contributed by atoms with Crippen LogP contribution in [0.1, 0.15) is 6.42 Å². The average Bonchev–Trinajstić information content (AvgIpc) is 2.17. The van der Waals surface area contributed by atoms with Crippen molar-refractivity contribution in [2.45, 2.75) is 6.42 Å². The van der Waals surface area contributed by atoms with E-state index in [0.717, 1.165) is 0 Å². The molecule has 15 heavy (non-hydrogen) atoms. The molecule has 0 amide bonds. The SMILES string of the molecule is O=C1C=C(Oc2cccc(F)c2)N=CC1. The van der Waals surface area contributed by atoms with E-state index in [1.165, 1.54) is 30.5 Å². The Morgan fingerprint density at radius 3 is 3.00 bits per heavy atom. The Morgan fingerprint density at radius 1 is 1.40 bits per heavy atom. The molecule has 0 saturated heterocycles. The van der Waals surface area contributed by atoms with Gasteiger partial charge in [-0.3, -0.25) is 4.79 Å². The highest BCUT2D eigenvalue weighted by Gasteiger charge is 2.07. The van der Waals surface area contributed by atoms with Gasteiger partial charge in [0.1, 0.15) is 11.6 Å². The lowest BCUT2D eigenvalue weighted by molar-refractivity contribution is -0.113. The molecule has 1 heterocycles. The number of ether oxygens (including phenoxy) is 1. The normalized spacial score (nSPS) is 15.0. The molecule has 1 aromatic rings. The minimum atomic E-state index is -0.390. The van der Waals surface area contributed by atoms with E-state index in [4.69, 9.17) is 4.74 Å². The predicted molar refractivity (Wildman–Crippen MR) is 53.2 cm³/mol. The third-order valence-electron chi connectivity index (χ3n) is 1.81. The number of nitrogens with zero attached hydrogens (tertiary/aromatic N) is 1. The van der Waals surface area contributed by atoms with Gasteiger partial charge in [0.25, 0.3) is 0 Å². The Bertz CT molecular complexity index is 452. The van der Waals surface area contributed by atoms with Gasteiger partial charge in [-0.2, -0.15) is 0 Å². The number of halogens is 1. The molecule has 1 aliphatic rings. The van der Waals surface area contributed by atoms with Crippen LogP contribution in [0, 0.1) is 5.82 Å². The quantitative estimate of drug-likeness (QED) is 0.741. The van der Waals surface area contributed by atoms with Crippen molar-refractivity contribution >= 4 is 12.0 Å². The van der Waals surface area contributed by atoms with E-state index in [0.29, 0.717) is 5.75 Å². The summed E-state index contributed by atoms with van der Waals surface area (Å²) in [7, 11) is 0. The number of carbonyl (C=O) groups excluding carboxylic acids is 1. The summed E-state index contributed by atoms with van der Waals surface area (Å²) in [5.41, 5.74) is 0. The molecule has 1 aliphatic heterocycles. The fraction of sp³-hybridized carbons (Fsp3) is 0.0909. The molecule has 2 rings (SSSR count). The number of carbonyl (C=O) groups is 1. The second-order valence-corrected chi connectivity index (χ2v) is 3.02. The largest absolute Gasteiger partial charge is 0.439 e. The topological polar surface area (TPSA) is 38.7 Å². The fourth-order valence-electron chi connectivity index (χ4n) is 1.17. The maximum atomic E-state index is 12.8. The summed E-state index contributed by atoms with van der Waals surface area (Å²) in [6.07, 6.45) is 3.05. The third-order valence-corrected chi connectivity index (χ3v) is 1.81. The first-order valence-electron chi connectivity index (χ1n) is 4.44. The van der Waals surface area contributed by atoms with E-state index in [2.05, 4.69) is 4.99 Å². The van der Waals surface area contributed by atoms with Crippen molar-refractivity contribution in [1.82, 2.24) is 0 Å². The van der Waals surface area contributed by atoms with Crippen molar-refractivity contribution in [3.8, 4) is 5.75 Å². The molecule has 0 N–H and O–H groups in total. The van der Waals surface area contributed by atoms with Crippen LogP contribution in [0.25, 0.3) is 0 Å². The molecular formula is C11H8FNO2. The Kier molecular flexibility index (Phi) is 2.58. The molecule has 0 atom stereocenters. The first-order chi connectivity index (χ1) is 7.24. The number of benzene rings is 1. The first-order valence-corrected chi connectivity index (χ1v) is 4.44. The number of allylic oxidation sites excluding steroid dienone is 1. The molecule has 0 saturated carbocycles.